The van der Waals surface area contributed by atoms with E-state index in [-0.39, 0.29) is 5.57 Å². The zero-order chi connectivity index (χ0) is 15.5. The highest BCUT2D eigenvalue weighted by atomic mass is 19.1. The van der Waals surface area contributed by atoms with Gasteiger partial charge in [-0.05, 0) is 0 Å². The third-order valence-corrected chi connectivity index (χ3v) is 3.80. The van der Waals surface area contributed by atoms with E-state index in [0.717, 1.165) is 0 Å². The van der Waals surface area contributed by atoms with Gasteiger partial charge in [0.15, 0.2) is 12.2 Å². The molecule has 0 amide bonds. The first kappa shape index (κ1) is 16.2. The number of carbonyl (C=O) groups is 2. The first-order chi connectivity index (χ1) is 9.33. The van der Waals surface area contributed by atoms with E-state index < -0.39 is 35.6 Å². The zero-order valence-electron chi connectivity index (χ0n) is 12.0. The molecule has 1 aliphatic rings. The normalized spacial score (nSPS) is 34.6. The molecule has 0 radical (unpaired) electrons. The Morgan fingerprint density at radius 2 is 1.95 bits per heavy atom. The van der Waals surface area contributed by atoms with Crippen molar-refractivity contribution in [2.24, 2.45) is 5.92 Å². The minimum atomic E-state index is -1.16. The maximum Gasteiger partial charge on any atom is 0.303 e. The lowest BCUT2D eigenvalue weighted by atomic mass is 9.83. The lowest BCUT2D eigenvalue weighted by molar-refractivity contribution is -0.162. The molecule has 0 bridgehead atoms. The average Bonchev–Trinajstić information content (AvgIpc) is 2.59. The summed E-state index contributed by atoms with van der Waals surface area (Å²) in [6.07, 6.45) is -1.27. The predicted octanol–water partition coefficient (Wildman–Crippen LogP) is 2.42. The third kappa shape index (κ3) is 2.53. The van der Waals surface area contributed by atoms with Crippen molar-refractivity contribution in [2.45, 2.75) is 51.9 Å². The number of ether oxygens (including phenoxy) is 2. The van der Waals surface area contributed by atoms with E-state index in [1.807, 2.05) is 0 Å². The summed E-state index contributed by atoms with van der Waals surface area (Å²) in [5.74, 6) is -1.65. The molecule has 5 nitrogen and oxygen atoms in total. The van der Waals surface area contributed by atoms with Crippen LogP contribution in [-0.2, 0) is 19.1 Å². The van der Waals surface area contributed by atoms with Gasteiger partial charge in [-0.2, -0.15) is 0 Å². The van der Waals surface area contributed by atoms with E-state index in [9.17, 15) is 14.0 Å². The number of hydrogen-bond acceptors (Lipinski definition) is 4. The number of hydrogen-bond donors (Lipinski definition) is 0. The fourth-order valence-corrected chi connectivity index (χ4v) is 2.81. The Labute approximate surface area is 117 Å². The van der Waals surface area contributed by atoms with Crippen LogP contribution in [0.5, 0.6) is 0 Å². The Kier molecular flexibility index (Phi) is 4.88. The summed E-state index contributed by atoms with van der Waals surface area (Å²) < 4.78 is 23.6. The van der Waals surface area contributed by atoms with Crippen LogP contribution in [0, 0.1) is 12.5 Å². The molecule has 6 heteroatoms. The number of halogens is 1. The van der Waals surface area contributed by atoms with Gasteiger partial charge in [0.2, 0.25) is 0 Å². The van der Waals surface area contributed by atoms with Gasteiger partial charge in [0.1, 0.15) is 0 Å². The van der Waals surface area contributed by atoms with Gasteiger partial charge >= 0.3 is 11.9 Å². The Bertz CT molecular complexity index is 482. The molecule has 20 heavy (non-hydrogen) atoms. The summed E-state index contributed by atoms with van der Waals surface area (Å²) in [7, 11) is 0. The average molecular weight is 283 g/mol. The van der Waals surface area contributed by atoms with Gasteiger partial charge in [0, 0.05) is 20.3 Å². The van der Waals surface area contributed by atoms with Crippen LogP contribution in [0.15, 0.2) is 11.9 Å². The van der Waals surface area contributed by atoms with E-state index in [4.69, 9.17) is 16.0 Å². The van der Waals surface area contributed by atoms with Crippen LogP contribution in [-0.4, -0.2) is 29.7 Å². The highest BCUT2D eigenvalue weighted by Crippen LogP contribution is 2.48. The molecule has 0 spiro atoms. The topological polar surface area (TPSA) is 57.0 Å². The fourth-order valence-electron chi connectivity index (χ4n) is 2.81. The molecular weight excluding hydrogens is 265 g/mol. The van der Waals surface area contributed by atoms with Crippen molar-refractivity contribution in [2.75, 3.05) is 0 Å². The van der Waals surface area contributed by atoms with Crippen molar-refractivity contribution in [3.05, 3.63) is 23.3 Å². The van der Waals surface area contributed by atoms with Crippen molar-refractivity contribution in [3.8, 4) is 0 Å². The maximum atomic E-state index is 13.3. The fraction of sp³-hybridized carbons (Fsp3) is 0.643. The van der Waals surface area contributed by atoms with Crippen LogP contribution in [0.25, 0.3) is 4.85 Å². The molecule has 4 atom stereocenters. The highest BCUT2D eigenvalue weighted by molar-refractivity contribution is 5.68. The standard InChI is InChI=1S/C14H18FNO4/c1-6-14(16-5)8(2)12(19-9(3)17)13(11(14)7-15)20-10(4)18/h7-8,12-13H,6H2,1-4H3/b11-7+/t8-,12+,13-,14-/m0/s1. The summed E-state index contributed by atoms with van der Waals surface area (Å²) in [6.45, 7) is 13.3. The molecule has 1 rings (SSSR count). The van der Waals surface area contributed by atoms with Crippen LogP contribution in [0.2, 0.25) is 0 Å². The second-order valence-electron chi connectivity index (χ2n) is 4.85. The Hall–Kier alpha value is -1.90. The van der Waals surface area contributed by atoms with Crippen LogP contribution in [0.4, 0.5) is 4.39 Å². The largest absolute Gasteiger partial charge is 0.458 e. The van der Waals surface area contributed by atoms with E-state index in [0.29, 0.717) is 12.8 Å². The monoisotopic (exact) mass is 283 g/mol. The summed E-state index contributed by atoms with van der Waals surface area (Å²) in [4.78, 5) is 25.9. The molecule has 1 fully saturated rings. The minimum absolute atomic E-state index is 0.0592. The SMILES string of the molecule is [C-]#[N+][C@]1(CC)/C(=C/F)[C@H](OC(C)=O)[C@H](OC(C)=O)[C@@H]1C. The molecule has 0 unspecified atom stereocenters. The van der Waals surface area contributed by atoms with E-state index in [1.165, 1.54) is 13.8 Å². The Morgan fingerprint density at radius 1 is 1.40 bits per heavy atom. The second-order valence-corrected chi connectivity index (χ2v) is 4.85. The quantitative estimate of drug-likeness (QED) is 0.589. The second kappa shape index (κ2) is 6.04. The lowest BCUT2D eigenvalue weighted by Gasteiger charge is -2.22. The summed E-state index contributed by atoms with van der Waals surface area (Å²) >= 11 is 0. The smallest absolute Gasteiger partial charge is 0.303 e. The molecule has 0 aliphatic heterocycles. The molecule has 0 aromatic heterocycles. The molecule has 0 heterocycles. The molecule has 0 saturated heterocycles. The van der Waals surface area contributed by atoms with Crippen molar-refractivity contribution < 1.29 is 23.5 Å². The molecule has 1 saturated carbocycles. The molecule has 110 valence electrons. The van der Waals surface area contributed by atoms with Gasteiger partial charge in [0.05, 0.1) is 17.8 Å². The first-order valence-corrected chi connectivity index (χ1v) is 6.37. The van der Waals surface area contributed by atoms with Gasteiger partial charge in [-0.25, -0.2) is 11.0 Å². The van der Waals surface area contributed by atoms with Crippen LogP contribution in [0.1, 0.15) is 34.1 Å². The predicted molar refractivity (Wildman–Crippen MR) is 69.1 cm³/mol. The van der Waals surface area contributed by atoms with Crippen LogP contribution < -0.4 is 0 Å². The summed E-state index contributed by atoms with van der Waals surface area (Å²) in [5.41, 5.74) is -1.10. The van der Waals surface area contributed by atoms with Crippen molar-refractivity contribution in [3.63, 3.8) is 0 Å². The number of carbonyl (C=O) groups excluding carboxylic acids is 2. The van der Waals surface area contributed by atoms with Gasteiger partial charge in [-0.15, -0.1) is 0 Å². The molecule has 0 aromatic carbocycles. The van der Waals surface area contributed by atoms with E-state index in [2.05, 4.69) is 4.85 Å². The molecule has 0 aromatic rings. The maximum absolute atomic E-state index is 13.3. The lowest BCUT2D eigenvalue weighted by Crippen LogP contribution is -2.35. The Morgan fingerprint density at radius 3 is 2.30 bits per heavy atom. The minimum Gasteiger partial charge on any atom is -0.458 e. The van der Waals surface area contributed by atoms with Gasteiger partial charge in [-0.1, -0.05) is 13.8 Å². The summed E-state index contributed by atoms with van der Waals surface area (Å²) in [5, 5.41) is 0. The number of rotatable bonds is 3. The van der Waals surface area contributed by atoms with Crippen LogP contribution >= 0.6 is 0 Å². The molecular formula is C14H18FNO4. The third-order valence-electron chi connectivity index (χ3n) is 3.80. The van der Waals surface area contributed by atoms with Gasteiger partial charge in [-0.3, -0.25) is 9.59 Å². The van der Waals surface area contributed by atoms with Gasteiger partial charge in [0.25, 0.3) is 5.54 Å². The highest BCUT2D eigenvalue weighted by Gasteiger charge is 2.63. The van der Waals surface area contributed by atoms with Crippen molar-refractivity contribution in [1.82, 2.24) is 0 Å². The summed E-state index contributed by atoms with van der Waals surface area (Å²) in [6, 6.07) is 0. The number of nitrogens with zero attached hydrogens (tertiary/aromatic N) is 1. The number of esters is 2. The molecule has 0 N–H and O–H groups in total. The van der Waals surface area contributed by atoms with Crippen molar-refractivity contribution >= 4 is 11.9 Å². The Balaban J connectivity index is 3.32. The van der Waals surface area contributed by atoms with E-state index in [1.54, 1.807) is 13.8 Å². The first-order valence-electron chi connectivity index (χ1n) is 6.37. The molecule has 1 aliphatic carbocycles. The van der Waals surface area contributed by atoms with E-state index >= 15 is 0 Å². The van der Waals surface area contributed by atoms with Crippen LogP contribution in [0.3, 0.4) is 0 Å². The zero-order valence-corrected chi connectivity index (χ0v) is 12.0. The van der Waals surface area contributed by atoms with Gasteiger partial charge < -0.3 is 14.3 Å². The van der Waals surface area contributed by atoms with Crippen molar-refractivity contribution in [1.29, 1.82) is 0 Å².